The van der Waals surface area contributed by atoms with E-state index in [2.05, 4.69) is 0 Å². The van der Waals surface area contributed by atoms with E-state index >= 15 is 0 Å². The third-order valence-electron chi connectivity index (χ3n) is 2.39. The van der Waals surface area contributed by atoms with Crippen molar-refractivity contribution in [2.24, 2.45) is 11.8 Å². The second-order valence-corrected chi connectivity index (χ2v) is 4.29. The smallest absolute Gasteiger partial charge is 0.185 e. The summed E-state index contributed by atoms with van der Waals surface area (Å²) in [6.45, 7) is 7.95. The molecule has 0 bridgehead atoms. The van der Waals surface area contributed by atoms with Gasteiger partial charge in [-0.25, -0.2) is 0 Å². The Balaban J connectivity index is 3.07. The van der Waals surface area contributed by atoms with Gasteiger partial charge in [-0.3, -0.25) is 4.79 Å². The number of carbonyl (C=O) groups excluding carboxylic acids is 1. The Morgan fingerprint density at radius 3 is 1.64 bits per heavy atom. The first-order chi connectivity index (χ1) is 6.43. The average molecular weight is 191 g/mol. The predicted molar refractivity (Wildman–Crippen MR) is 58.6 cm³/mol. The maximum atomic E-state index is 11.9. The van der Waals surface area contributed by atoms with E-state index in [1.54, 1.807) is 12.2 Å². The van der Waals surface area contributed by atoms with Crippen LogP contribution in [0.1, 0.15) is 27.7 Å². The zero-order valence-corrected chi connectivity index (χ0v) is 9.22. The van der Waals surface area contributed by atoms with E-state index in [1.165, 1.54) is 0 Å². The molecule has 0 aliphatic heterocycles. The standard InChI is InChI=1S/C12H17NO/c1-7(2)10-5-9(13)6-11(8(3)4)12(10)14/h5-8,13H,1-4H3. The van der Waals surface area contributed by atoms with Gasteiger partial charge in [0.25, 0.3) is 0 Å². The summed E-state index contributed by atoms with van der Waals surface area (Å²) in [6, 6.07) is 0. The summed E-state index contributed by atoms with van der Waals surface area (Å²) < 4.78 is 0. The third kappa shape index (κ3) is 2.00. The van der Waals surface area contributed by atoms with Gasteiger partial charge in [-0.05, 0) is 24.0 Å². The van der Waals surface area contributed by atoms with E-state index in [9.17, 15) is 4.79 Å². The minimum absolute atomic E-state index is 0.117. The molecular weight excluding hydrogens is 174 g/mol. The highest BCUT2D eigenvalue weighted by Crippen LogP contribution is 2.24. The second kappa shape index (κ2) is 3.91. The van der Waals surface area contributed by atoms with Crippen LogP contribution in [0.5, 0.6) is 0 Å². The summed E-state index contributed by atoms with van der Waals surface area (Å²) in [5, 5.41) is 7.62. The van der Waals surface area contributed by atoms with Crippen molar-refractivity contribution in [1.82, 2.24) is 0 Å². The van der Waals surface area contributed by atoms with E-state index in [-0.39, 0.29) is 17.6 Å². The number of ketones is 1. The molecule has 76 valence electrons. The first-order valence-corrected chi connectivity index (χ1v) is 5.00. The average Bonchev–Trinajstić information content (AvgIpc) is 2.07. The highest BCUT2D eigenvalue weighted by atomic mass is 16.1. The quantitative estimate of drug-likeness (QED) is 0.670. The van der Waals surface area contributed by atoms with Gasteiger partial charge in [-0.15, -0.1) is 0 Å². The molecule has 14 heavy (non-hydrogen) atoms. The summed E-state index contributed by atoms with van der Waals surface area (Å²) >= 11 is 0. The van der Waals surface area contributed by atoms with Crippen molar-refractivity contribution in [3.63, 3.8) is 0 Å². The molecule has 0 spiro atoms. The molecule has 0 unspecified atom stereocenters. The maximum absolute atomic E-state index is 11.9. The molecule has 1 N–H and O–H groups in total. The van der Waals surface area contributed by atoms with E-state index in [4.69, 9.17) is 5.41 Å². The lowest BCUT2D eigenvalue weighted by molar-refractivity contribution is -0.113. The lowest BCUT2D eigenvalue weighted by Gasteiger charge is -2.19. The topological polar surface area (TPSA) is 40.9 Å². The van der Waals surface area contributed by atoms with Crippen molar-refractivity contribution in [2.45, 2.75) is 27.7 Å². The van der Waals surface area contributed by atoms with Gasteiger partial charge in [0, 0.05) is 11.1 Å². The highest BCUT2D eigenvalue weighted by molar-refractivity contribution is 6.21. The van der Waals surface area contributed by atoms with E-state index < -0.39 is 0 Å². The van der Waals surface area contributed by atoms with Gasteiger partial charge in [0.05, 0.1) is 5.71 Å². The van der Waals surface area contributed by atoms with Crippen molar-refractivity contribution in [1.29, 1.82) is 5.41 Å². The van der Waals surface area contributed by atoms with Crippen molar-refractivity contribution in [3.8, 4) is 0 Å². The van der Waals surface area contributed by atoms with Crippen LogP contribution >= 0.6 is 0 Å². The summed E-state index contributed by atoms with van der Waals surface area (Å²) in [6.07, 6.45) is 3.36. The van der Waals surface area contributed by atoms with Gasteiger partial charge in [0.2, 0.25) is 0 Å². The molecule has 0 heterocycles. The van der Waals surface area contributed by atoms with Crippen molar-refractivity contribution in [3.05, 3.63) is 23.3 Å². The van der Waals surface area contributed by atoms with Crippen LogP contribution in [0.25, 0.3) is 0 Å². The number of carbonyl (C=O) groups is 1. The van der Waals surface area contributed by atoms with Crippen molar-refractivity contribution in [2.75, 3.05) is 0 Å². The number of allylic oxidation sites excluding steroid dienone is 4. The number of nitrogens with one attached hydrogen (secondary N) is 1. The molecule has 0 aromatic carbocycles. The fourth-order valence-corrected chi connectivity index (χ4v) is 1.53. The molecule has 0 saturated carbocycles. The van der Waals surface area contributed by atoms with Crippen LogP contribution in [0.15, 0.2) is 23.3 Å². The molecule has 1 aliphatic carbocycles. The molecule has 2 heteroatoms. The Labute approximate surface area is 85.2 Å². The summed E-state index contributed by atoms with van der Waals surface area (Å²) in [7, 11) is 0. The molecule has 0 amide bonds. The van der Waals surface area contributed by atoms with E-state index in [0.717, 1.165) is 11.1 Å². The zero-order chi connectivity index (χ0) is 10.9. The van der Waals surface area contributed by atoms with Gasteiger partial charge in [0.15, 0.2) is 5.78 Å². The van der Waals surface area contributed by atoms with Crippen LogP contribution in [-0.2, 0) is 4.79 Å². The first-order valence-electron chi connectivity index (χ1n) is 5.00. The number of rotatable bonds is 2. The lowest BCUT2D eigenvalue weighted by atomic mass is 9.84. The fraction of sp³-hybridized carbons (Fsp3) is 0.500. The molecule has 0 atom stereocenters. The zero-order valence-electron chi connectivity index (χ0n) is 9.22. The third-order valence-corrected chi connectivity index (χ3v) is 2.39. The molecule has 0 aromatic heterocycles. The number of Topliss-reactive ketones (excluding diaryl/α,β-unsaturated/α-hetero) is 1. The Bertz CT molecular complexity index is 302. The van der Waals surface area contributed by atoms with Crippen LogP contribution in [0.4, 0.5) is 0 Å². The summed E-state index contributed by atoms with van der Waals surface area (Å²) in [4.78, 5) is 11.9. The van der Waals surface area contributed by atoms with E-state index in [1.807, 2.05) is 27.7 Å². The minimum atomic E-state index is 0.117. The van der Waals surface area contributed by atoms with Gasteiger partial charge in [-0.2, -0.15) is 0 Å². The monoisotopic (exact) mass is 191 g/mol. The summed E-state index contributed by atoms with van der Waals surface area (Å²) in [5.74, 6) is 0.515. The fourth-order valence-electron chi connectivity index (χ4n) is 1.53. The lowest BCUT2D eigenvalue weighted by Crippen LogP contribution is -2.20. The van der Waals surface area contributed by atoms with Crippen molar-refractivity contribution < 1.29 is 4.79 Å². The van der Waals surface area contributed by atoms with Gasteiger partial charge >= 0.3 is 0 Å². The Morgan fingerprint density at radius 1 is 1.00 bits per heavy atom. The van der Waals surface area contributed by atoms with E-state index in [0.29, 0.717) is 5.71 Å². The first kappa shape index (κ1) is 10.9. The molecule has 1 aliphatic rings. The van der Waals surface area contributed by atoms with Crippen LogP contribution in [0, 0.1) is 17.2 Å². The normalized spacial score (nSPS) is 17.6. The number of hydrogen-bond acceptors (Lipinski definition) is 2. The molecule has 0 saturated heterocycles. The van der Waals surface area contributed by atoms with Crippen LogP contribution in [0.2, 0.25) is 0 Å². The van der Waals surface area contributed by atoms with Crippen LogP contribution in [0.3, 0.4) is 0 Å². The van der Waals surface area contributed by atoms with Gasteiger partial charge < -0.3 is 5.41 Å². The molecule has 1 rings (SSSR count). The Morgan fingerprint density at radius 2 is 1.36 bits per heavy atom. The molecule has 0 radical (unpaired) electrons. The van der Waals surface area contributed by atoms with Crippen LogP contribution < -0.4 is 0 Å². The minimum Gasteiger partial charge on any atom is -0.301 e. The Hall–Kier alpha value is -1.18. The second-order valence-electron chi connectivity index (χ2n) is 4.29. The van der Waals surface area contributed by atoms with Crippen LogP contribution in [-0.4, -0.2) is 11.5 Å². The molecular formula is C12H17NO. The van der Waals surface area contributed by atoms with Gasteiger partial charge in [0.1, 0.15) is 0 Å². The summed E-state index contributed by atoms with van der Waals surface area (Å²) in [5.41, 5.74) is 1.97. The number of hydrogen-bond donors (Lipinski definition) is 1. The largest absolute Gasteiger partial charge is 0.301 e. The highest BCUT2D eigenvalue weighted by Gasteiger charge is 2.23. The predicted octanol–water partition coefficient (Wildman–Crippen LogP) is 2.75. The SMILES string of the molecule is CC(C)C1=CC(=N)C=C(C(C)C)C1=O. The molecule has 0 fully saturated rings. The van der Waals surface area contributed by atoms with Crippen molar-refractivity contribution >= 4 is 11.5 Å². The molecule has 0 aromatic rings. The Kier molecular flexibility index (Phi) is 3.04. The molecule has 2 nitrogen and oxygen atoms in total. The van der Waals surface area contributed by atoms with Gasteiger partial charge in [-0.1, -0.05) is 27.7 Å². The maximum Gasteiger partial charge on any atom is 0.185 e.